The minimum atomic E-state index is -0.247. The molecule has 0 aliphatic heterocycles. The molecule has 0 aliphatic carbocycles. The van der Waals surface area contributed by atoms with E-state index in [4.69, 9.17) is 9.47 Å². The zero-order valence-corrected chi connectivity index (χ0v) is 24.2. The number of rotatable bonds is 24. The van der Waals surface area contributed by atoms with E-state index in [-0.39, 0.29) is 27.8 Å². The molecule has 0 heterocycles. The molecule has 0 saturated heterocycles. The minimum absolute atomic E-state index is 0. The summed E-state index contributed by atoms with van der Waals surface area (Å²) >= 11 is 0. The molecule has 0 amide bonds. The van der Waals surface area contributed by atoms with Crippen LogP contribution in [0.25, 0.3) is 0 Å². The van der Waals surface area contributed by atoms with Gasteiger partial charge in [0.2, 0.25) is 0 Å². The van der Waals surface area contributed by atoms with Gasteiger partial charge in [0.15, 0.2) is 0 Å². The van der Waals surface area contributed by atoms with Crippen LogP contribution in [-0.2, 0) is 9.47 Å². The summed E-state index contributed by atoms with van der Waals surface area (Å²) in [5.41, 5.74) is 0. The summed E-state index contributed by atoms with van der Waals surface area (Å²) in [6.45, 7) is 4.93. The van der Waals surface area contributed by atoms with Crippen LogP contribution in [0.3, 0.4) is 0 Å². The van der Waals surface area contributed by atoms with Crippen molar-refractivity contribution in [3.05, 3.63) is 0 Å². The van der Waals surface area contributed by atoms with Crippen molar-refractivity contribution in [1.29, 1.82) is 0 Å². The Morgan fingerprint density at radius 2 is 0.935 bits per heavy atom. The topological polar surface area (TPSA) is 18.5 Å². The largest absolute Gasteiger partial charge is 1.00 e. The molecule has 0 aliphatic rings. The molecule has 0 bridgehead atoms. The molecule has 0 unspecified atom stereocenters. The molecule has 5 heteroatoms. The van der Waals surface area contributed by atoms with Crippen LogP contribution >= 0.6 is 0 Å². The molecule has 0 rings (SSSR count). The van der Waals surface area contributed by atoms with Crippen LogP contribution < -0.4 is 12.4 Å². The molecule has 0 aromatic rings. The zero-order valence-electron chi connectivity index (χ0n) is 22.1. The van der Waals surface area contributed by atoms with Crippen LogP contribution in [-0.4, -0.2) is 61.3 Å². The average molecular weight is 480 g/mol. The minimum Gasteiger partial charge on any atom is -1.00 e. The Hall–Kier alpha value is 0.387. The summed E-state index contributed by atoms with van der Waals surface area (Å²) in [5.74, 6) is 0.112. The predicted octanol–water partition coefficient (Wildman–Crippen LogP) is 3.88. The van der Waals surface area contributed by atoms with Crippen molar-refractivity contribution in [2.75, 3.05) is 41.4 Å². The van der Waals surface area contributed by atoms with Crippen molar-refractivity contribution >= 4 is 9.52 Å². The average Bonchev–Trinajstić information content (AvgIpc) is 2.73. The second kappa shape index (κ2) is 25.0. The van der Waals surface area contributed by atoms with Crippen molar-refractivity contribution < 1.29 is 26.4 Å². The summed E-state index contributed by atoms with van der Waals surface area (Å²) in [6.07, 6.45) is 24.5. The normalized spacial score (nSPS) is 12.2. The van der Waals surface area contributed by atoms with Gasteiger partial charge in [-0.3, -0.25) is 0 Å². The molecule has 0 N–H and O–H groups in total. The third kappa shape index (κ3) is 24.9. The lowest BCUT2D eigenvalue weighted by Gasteiger charge is -2.30. The second-order valence-corrected chi connectivity index (χ2v) is 12.0. The van der Waals surface area contributed by atoms with E-state index in [0.29, 0.717) is 0 Å². The van der Waals surface area contributed by atoms with Crippen molar-refractivity contribution in [1.82, 2.24) is 0 Å². The SMILES string of the molecule is CCCCCCCCCCCCCCCCCC[N+](C)(C)CCC[SiH2]C(OC)OC.[Cl-]. The van der Waals surface area contributed by atoms with Crippen LogP contribution in [0.5, 0.6) is 0 Å². The summed E-state index contributed by atoms with van der Waals surface area (Å²) in [7, 11) is 8.08. The second-order valence-electron chi connectivity index (χ2n) is 10.1. The van der Waals surface area contributed by atoms with E-state index in [2.05, 4.69) is 21.0 Å². The molecule has 0 aromatic carbocycles. The summed E-state index contributed by atoms with van der Waals surface area (Å²) in [4.78, 5) is 0. The number of quaternary nitrogens is 1. The third-order valence-electron chi connectivity index (χ3n) is 6.60. The van der Waals surface area contributed by atoms with Crippen molar-refractivity contribution in [3.8, 4) is 0 Å². The van der Waals surface area contributed by atoms with Gasteiger partial charge in [-0.2, -0.15) is 0 Å². The summed E-state index contributed by atoms with van der Waals surface area (Å²) < 4.78 is 11.8. The highest BCUT2D eigenvalue weighted by atomic mass is 35.5. The number of nitrogens with zero attached hydrogens (tertiary/aromatic N) is 1. The molecule has 0 atom stereocenters. The van der Waals surface area contributed by atoms with Crippen molar-refractivity contribution in [2.45, 2.75) is 128 Å². The first kappa shape index (κ1) is 33.6. The van der Waals surface area contributed by atoms with E-state index >= 15 is 0 Å². The third-order valence-corrected chi connectivity index (χ3v) is 8.64. The van der Waals surface area contributed by atoms with Gasteiger partial charge in [0, 0.05) is 14.2 Å². The van der Waals surface area contributed by atoms with Gasteiger partial charge in [-0.05, 0) is 19.3 Å². The number of ether oxygens (including phenoxy) is 2. The molecule has 190 valence electrons. The van der Waals surface area contributed by atoms with Crippen LogP contribution in [0.4, 0.5) is 0 Å². The molecule has 3 nitrogen and oxygen atoms in total. The standard InChI is InChI=1S/C26H58NO2Si.ClH/c1-6-7-8-9-10-11-12-13-14-15-16-17-18-19-20-21-23-27(2,3)24-22-25-30-26(28-4)29-5;/h26H,6-25,30H2,1-5H3;1H/q+1;/p-1. The monoisotopic (exact) mass is 479 g/mol. The van der Waals surface area contributed by atoms with E-state index < -0.39 is 0 Å². The fourth-order valence-electron chi connectivity index (χ4n) is 4.38. The smallest absolute Gasteiger partial charge is 0.134 e. The van der Waals surface area contributed by atoms with E-state index in [0.717, 1.165) is 0 Å². The van der Waals surface area contributed by atoms with Crippen molar-refractivity contribution in [2.24, 2.45) is 0 Å². The maximum atomic E-state index is 5.33. The molecule has 0 fully saturated rings. The van der Waals surface area contributed by atoms with Crippen LogP contribution in [0.15, 0.2) is 0 Å². The predicted molar refractivity (Wildman–Crippen MR) is 137 cm³/mol. The molecular formula is C26H58ClNO2Si. The highest BCUT2D eigenvalue weighted by molar-refractivity contribution is 6.36. The van der Waals surface area contributed by atoms with Gasteiger partial charge >= 0.3 is 0 Å². The zero-order chi connectivity index (χ0) is 22.3. The van der Waals surface area contributed by atoms with E-state index in [1.807, 2.05) is 0 Å². The van der Waals surface area contributed by atoms with Gasteiger partial charge in [-0.25, -0.2) is 0 Å². The van der Waals surface area contributed by atoms with Gasteiger partial charge < -0.3 is 26.4 Å². The number of unbranched alkanes of at least 4 members (excludes halogenated alkanes) is 15. The molecule has 31 heavy (non-hydrogen) atoms. The number of hydrogen-bond donors (Lipinski definition) is 0. The van der Waals surface area contributed by atoms with E-state index in [9.17, 15) is 0 Å². The van der Waals surface area contributed by atoms with Gasteiger partial charge in [-0.1, -0.05) is 103 Å². The highest BCUT2D eigenvalue weighted by Gasteiger charge is 2.14. The lowest BCUT2D eigenvalue weighted by Crippen LogP contribution is -3.00. The van der Waals surface area contributed by atoms with Crippen LogP contribution in [0.2, 0.25) is 6.04 Å². The van der Waals surface area contributed by atoms with E-state index in [1.165, 1.54) is 133 Å². The van der Waals surface area contributed by atoms with Gasteiger partial charge in [0.1, 0.15) is 5.91 Å². The fraction of sp³-hybridized carbons (Fsp3) is 1.00. The van der Waals surface area contributed by atoms with Gasteiger partial charge in [0.05, 0.1) is 36.7 Å². The first-order chi connectivity index (χ1) is 14.6. The number of hydrogen-bond acceptors (Lipinski definition) is 2. The first-order valence-corrected chi connectivity index (χ1v) is 15.2. The molecule has 0 spiro atoms. The fourth-order valence-corrected chi connectivity index (χ4v) is 5.70. The summed E-state index contributed by atoms with van der Waals surface area (Å²) in [5, 5.41) is 0. The quantitative estimate of drug-likeness (QED) is 0.0904. The molecule has 0 radical (unpaired) electrons. The Morgan fingerprint density at radius 3 is 1.32 bits per heavy atom. The molecule has 0 aromatic heterocycles. The molecule has 0 saturated carbocycles. The Morgan fingerprint density at radius 1 is 0.581 bits per heavy atom. The Kier molecular flexibility index (Phi) is 27.1. The van der Waals surface area contributed by atoms with Gasteiger partial charge in [0.25, 0.3) is 0 Å². The van der Waals surface area contributed by atoms with Crippen LogP contribution in [0, 0.1) is 0 Å². The lowest BCUT2D eigenvalue weighted by atomic mass is 10.0. The van der Waals surface area contributed by atoms with Gasteiger partial charge in [-0.15, -0.1) is 0 Å². The maximum absolute atomic E-state index is 5.33. The van der Waals surface area contributed by atoms with E-state index in [1.54, 1.807) is 14.2 Å². The highest BCUT2D eigenvalue weighted by Crippen LogP contribution is 2.14. The van der Waals surface area contributed by atoms with Crippen LogP contribution in [0.1, 0.15) is 116 Å². The van der Waals surface area contributed by atoms with Crippen molar-refractivity contribution in [3.63, 3.8) is 0 Å². The first-order valence-electron chi connectivity index (χ1n) is 13.4. The number of halogens is 1. The lowest BCUT2D eigenvalue weighted by molar-refractivity contribution is -0.890. The Balaban J connectivity index is 0. The Labute approximate surface area is 205 Å². The maximum Gasteiger partial charge on any atom is 0.134 e. The molecular weight excluding hydrogens is 422 g/mol. The number of methoxy groups -OCH3 is 2. The summed E-state index contributed by atoms with van der Waals surface area (Å²) in [6, 6.07) is 1.33. The Bertz CT molecular complexity index is 341.